The SMILES string of the molecule is CCC1=C(CC)C12C=CC=C2. The molecule has 0 saturated heterocycles. The highest BCUT2D eigenvalue weighted by Crippen LogP contribution is 2.59. The third-order valence-corrected chi connectivity index (χ3v) is 2.84. The minimum Gasteiger partial charge on any atom is -0.0664 e. The van der Waals surface area contributed by atoms with E-state index >= 15 is 0 Å². The number of hydrogen-bond donors (Lipinski definition) is 0. The van der Waals surface area contributed by atoms with Gasteiger partial charge in [0, 0.05) is 5.41 Å². The third kappa shape index (κ3) is 0.699. The summed E-state index contributed by atoms with van der Waals surface area (Å²) in [5.41, 5.74) is 3.67. The Hall–Kier alpha value is -0.780. The van der Waals surface area contributed by atoms with Crippen LogP contribution < -0.4 is 0 Å². The average Bonchev–Trinajstić information content (AvgIpc) is 2.39. The van der Waals surface area contributed by atoms with Crippen molar-refractivity contribution in [1.29, 1.82) is 0 Å². The normalized spacial score (nSPS) is 23.8. The van der Waals surface area contributed by atoms with Gasteiger partial charge < -0.3 is 0 Å². The van der Waals surface area contributed by atoms with E-state index in [0.717, 1.165) is 0 Å². The second-order valence-corrected chi connectivity index (χ2v) is 3.25. The molecule has 0 fully saturated rings. The zero-order valence-corrected chi connectivity index (χ0v) is 7.22. The molecule has 0 saturated carbocycles. The summed E-state index contributed by atoms with van der Waals surface area (Å²) in [4.78, 5) is 0. The number of rotatable bonds is 2. The van der Waals surface area contributed by atoms with Gasteiger partial charge in [-0.1, -0.05) is 49.3 Å². The largest absolute Gasteiger partial charge is 0.0664 e. The Labute approximate surface area is 68.3 Å². The first-order valence-corrected chi connectivity index (χ1v) is 4.45. The maximum absolute atomic E-state index is 2.32. The van der Waals surface area contributed by atoms with E-state index in [-0.39, 0.29) is 0 Å². The first-order chi connectivity index (χ1) is 5.35. The van der Waals surface area contributed by atoms with E-state index in [9.17, 15) is 0 Å². The summed E-state index contributed by atoms with van der Waals surface area (Å²) >= 11 is 0. The molecule has 2 aliphatic rings. The van der Waals surface area contributed by atoms with Gasteiger partial charge in [-0.3, -0.25) is 0 Å². The van der Waals surface area contributed by atoms with Gasteiger partial charge in [-0.05, 0) is 12.8 Å². The molecule has 0 aromatic carbocycles. The van der Waals surface area contributed by atoms with Crippen molar-refractivity contribution in [3.63, 3.8) is 0 Å². The van der Waals surface area contributed by atoms with Crippen molar-refractivity contribution in [2.24, 2.45) is 5.41 Å². The van der Waals surface area contributed by atoms with Gasteiger partial charge in [0.2, 0.25) is 0 Å². The van der Waals surface area contributed by atoms with Gasteiger partial charge in [0.05, 0.1) is 0 Å². The molecule has 0 aliphatic heterocycles. The summed E-state index contributed by atoms with van der Waals surface area (Å²) in [6.07, 6.45) is 11.4. The second-order valence-electron chi connectivity index (χ2n) is 3.25. The maximum atomic E-state index is 2.32. The van der Waals surface area contributed by atoms with Crippen LogP contribution in [0.15, 0.2) is 35.5 Å². The molecule has 0 heteroatoms. The summed E-state index contributed by atoms with van der Waals surface area (Å²) in [6.45, 7) is 4.50. The van der Waals surface area contributed by atoms with Gasteiger partial charge in [0.1, 0.15) is 0 Å². The predicted molar refractivity (Wildman–Crippen MR) is 48.3 cm³/mol. The molecule has 0 bridgehead atoms. The molecule has 0 N–H and O–H groups in total. The van der Waals surface area contributed by atoms with Crippen molar-refractivity contribution in [3.8, 4) is 0 Å². The van der Waals surface area contributed by atoms with Crippen LogP contribution in [0.3, 0.4) is 0 Å². The fourth-order valence-corrected chi connectivity index (χ4v) is 2.31. The zero-order valence-electron chi connectivity index (χ0n) is 7.22. The lowest BCUT2D eigenvalue weighted by molar-refractivity contribution is 0.833. The first kappa shape index (κ1) is 6.90. The van der Waals surface area contributed by atoms with Gasteiger partial charge in [-0.25, -0.2) is 0 Å². The van der Waals surface area contributed by atoms with E-state index in [1.807, 2.05) is 0 Å². The van der Waals surface area contributed by atoms with Crippen molar-refractivity contribution in [3.05, 3.63) is 35.5 Å². The Morgan fingerprint density at radius 1 is 1.00 bits per heavy atom. The van der Waals surface area contributed by atoms with Crippen LogP contribution in [0.25, 0.3) is 0 Å². The Morgan fingerprint density at radius 3 is 1.82 bits per heavy atom. The van der Waals surface area contributed by atoms with Crippen molar-refractivity contribution >= 4 is 0 Å². The molecule has 1 spiro atoms. The topological polar surface area (TPSA) is 0 Å². The van der Waals surface area contributed by atoms with E-state index in [1.165, 1.54) is 12.8 Å². The average molecular weight is 146 g/mol. The molecule has 2 rings (SSSR count). The Bertz CT molecular complexity index is 236. The highest BCUT2D eigenvalue weighted by Gasteiger charge is 2.47. The van der Waals surface area contributed by atoms with E-state index < -0.39 is 0 Å². The highest BCUT2D eigenvalue weighted by atomic mass is 14.5. The molecule has 0 atom stereocenters. The van der Waals surface area contributed by atoms with Crippen LogP contribution >= 0.6 is 0 Å². The monoisotopic (exact) mass is 146 g/mol. The molecule has 2 aliphatic carbocycles. The maximum Gasteiger partial charge on any atom is 0.0494 e. The van der Waals surface area contributed by atoms with E-state index in [0.29, 0.717) is 5.41 Å². The molecule has 0 amide bonds. The molecule has 11 heavy (non-hydrogen) atoms. The van der Waals surface area contributed by atoms with Gasteiger partial charge in [0.25, 0.3) is 0 Å². The summed E-state index contributed by atoms with van der Waals surface area (Å²) in [6, 6.07) is 0. The minimum atomic E-state index is 0.351. The van der Waals surface area contributed by atoms with Crippen LogP contribution in [0.5, 0.6) is 0 Å². The van der Waals surface area contributed by atoms with Crippen LogP contribution in [0.2, 0.25) is 0 Å². The van der Waals surface area contributed by atoms with Crippen LogP contribution in [0.4, 0.5) is 0 Å². The van der Waals surface area contributed by atoms with E-state index in [1.54, 1.807) is 11.1 Å². The molecular weight excluding hydrogens is 132 g/mol. The highest BCUT2D eigenvalue weighted by molar-refractivity contribution is 5.61. The molecule has 0 unspecified atom stereocenters. The molecule has 0 radical (unpaired) electrons. The molecule has 0 aromatic rings. The van der Waals surface area contributed by atoms with Crippen molar-refractivity contribution in [2.75, 3.05) is 0 Å². The fraction of sp³-hybridized carbons (Fsp3) is 0.455. The quantitative estimate of drug-likeness (QED) is 0.525. The smallest absolute Gasteiger partial charge is 0.0494 e. The second kappa shape index (κ2) is 2.10. The lowest BCUT2D eigenvalue weighted by Crippen LogP contribution is -1.94. The van der Waals surface area contributed by atoms with Crippen LogP contribution in [-0.2, 0) is 0 Å². The Morgan fingerprint density at radius 2 is 1.45 bits per heavy atom. The van der Waals surface area contributed by atoms with Crippen molar-refractivity contribution in [2.45, 2.75) is 26.7 Å². The lowest BCUT2D eigenvalue weighted by atomic mass is 9.98. The summed E-state index contributed by atoms with van der Waals surface area (Å²) < 4.78 is 0. The van der Waals surface area contributed by atoms with Crippen molar-refractivity contribution < 1.29 is 0 Å². The summed E-state index contributed by atoms with van der Waals surface area (Å²) in [5.74, 6) is 0. The zero-order chi connectivity index (χ0) is 7.90. The molecule has 58 valence electrons. The Kier molecular flexibility index (Phi) is 1.32. The molecule has 0 nitrogen and oxygen atoms in total. The Balaban J connectivity index is 2.25. The van der Waals surface area contributed by atoms with Gasteiger partial charge in [-0.2, -0.15) is 0 Å². The van der Waals surface area contributed by atoms with Gasteiger partial charge >= 0.3 is 0 Å². The fourth-order valence-electron chi connectivity index (χ4n) is 2.31. The lowest BCUT2D eigenvalue weighted by Gasteiger charge is -2.04. The summed E-state index contributed by atoms with van der Waals surface area (Å²) in [5, 5.41) is 0. The molecule has 0 aromatic heterocycles. The first-order valence-electron chi connectivity index (χ1n) is 4.45. The third-order valence-electron chi connectivity index (χ3n) is 2.84. The van der Waals surface area contributed by atoms with Crippen LogP contribution in [0.1, 0.15) is 26.7 Å². The van der Waals surface area contributed by atoms with Crippen LogP contribution in [-0.4, -0.2) is 0 Å². The standard InChI is InChI=1S/C11H14/c1-3-9-10(4-2)11(9)7-5-6-8-11/h5-8H,3-4H2,1-2H3. The minimum absolute atomic E-state index is 0.351. The van der Waals surface area contributed by atoms with Crippen LogP contribution in [0, 0.1) is 5.41 Å². The van der Waals surface area contributed by atoms with E-state index in [4.69, 9.17) is 0 Å². The number of allylic oxidation sites excluding steroid dienone is 6. The number of hydrogen-bond acceptors (Lipinski definition) is 0. The predicted octanol–water partition coefficient (Wildman–Crippen LogP) is 3.23. The van der Waals surface area contributed by atoms with Gasteiger partial charge in [0.15, 0.2) is 0 Å². The van der Waals surface area contributed by atoms with Crippen molar-refractivity contribution in [1.82, 2.24) is 0 Å². The van der Waals surface area contributed by atoms with E-state index in [2.05, 4.69) is 38.2 Å². The van der Waals surface area contributed by atoms with Gasteiger partial charge in [-0.15, -0.1) is 0 Å². The molecule has 0 heterocycles. The summed E-state index contributed by atoms with van der Waals surface area (Å²) in [7, 11) is 0. The molecular formula is C11H14.